The summed E-state index contributed by atoms with van der Waals surface area (Å²) in [5, 5.41) is 19.6. The van der Waals surface area contributed by atoms with Crippen LogP contribution in [0.5, 0.6) is 5.75 Å². The second kappa shape index (κ2) is 6.31. The molecule has 0 aliphatic heterocycles. The molecule has 6 nitrogen and oxygen atoms in total. The Labute approximate surface area is 115 Å². The predicted molar refractivity (Wildman–Crippen MR) is 69.6 cm³/mol. The van der Waals surface area contributed by atoms with E-state index in [0.29, 0.717) is 18.4 Å². The highest BCUT2D eigenvalue weighted by Gasteiger charge is 2.24. The molecule has 0 aliphatic rings. The summed E-state index contributed by atoms with van der Waals surface area (Å²) in [5.74, 6) is -2.42. The number of carbonyl (C=O) groups is 1. The van der Waals surface area contributed by atoms with E-state index in [1.807, 2.05) is 13.8 Å². The van der Waals surface area contributed by atoms with Crippen molar-refractivity contribution in [2.75, 3.05) is 0 Å². The SMILES string of the molecule is CC(C)CC(C)Oc1cc(C(=O)O)c([N+](=O)[O-])cc1F. The molecule has 0 radical (unpaired) electrons. The van der Waals surface area contributed by atoms with E-state index in [2.05, 4.69) is 0 Å². The molecular weight excluding hydrogens is 269 g/mol. The van der Waals surface area contributed by atoms with Crippen LogP contribution in [0.15, 0.2) is 12.1 Å². The molecule has 1 atom stereocenters. The van der Waals surface area contributed by atoms with E-state index in [1.165, 1.54) is 0 Å². The van der Waals surface area contributed by atoms with Crippen LogP contribution in [0.2, 0.25) is 0 Å². The van der Waals surface area contributed by atoms with E-state index in [0.717, 1.165) is 6.07 Å². The van der Waals surface area contributed by atoms with Gasteiger partial charge in [-0.05, 0) is 19.3 Å². The molecule has 0 saturated heterocycles. The molecule has 0 fully saturated rings. The summed E-state index contributed by atoms with van der Waals surface area (Å²) in [5.41, 5.74) is -1.39. The van der Waals surface area contributed by atoms with Crippen LogP contribution in [0.4, 0.5) is 10.1 Å². The molecule has 1 rings (SSSR count). The maximum atomic E-state index is 13.7. The van der Waals surface area contributed by atoms with Gasteiger partial charge in [0.2, 0.25) is 0 Å². The lowest BCUT2D eigenvalue weighted by Gasteiger charge is -2.17. The zero-order valence-electron chi connectivity index (χ0n) is 11.4. The number of carboxylic acid groups (broad SMARTS) is 1. The summed E-state index contributed by atoms with van der Waals surface area (Å²) >= 11 is 0. The Kier molecular flexibility index (Phi) is 5.01. The Hall–Kier alpha value is -2.18. The molecule has 0 heterocycles. The highest BCUT2D eigenvalue weighted by Crippen LogP contribution is 2.29. The van der Waals surface area contributed by atoms with Gasteiger partial charge in [0.25, 0.3) is 5.69 Å². The van der Waals surface area contributed by atoms with Gasteiger partial charge in [0, 0.05) is 6.07 Å². The topological polar surface area (TPSA) is 89.7 Å². The molecule has 0 amide bonds. The van der Waals surface area contributed by atoms with Crippen molar-refractivity contribution in [2.24, 2.45) is 5.92 Å². The average Bonchev–Trinajstić information content (AvgIpc) is 2.29. The molecule has 0 bridgehead atoms. The fourth-order valence-electron chi connectivity index (χ4n) is 1.88. The Morgan fingerprint density at radius 1 is 1.45 bits per heavy atom. The van der Waals surface area contributed by atoms with E-state index >= 15 is 0 Å². The van der Waals surface area contributed by atoms with E-state index < -0.39 is 28.0 Å². The molecule has 0 aliphatic carbocycles. The molecule has 0 spiro atoms. The standard InChI is InChI=1S/C13H16FNO5/c1-7(2)4-8(3)20-12-5-9(13(16)17)11(15(18)19)6-10(12)14/h5-8H,4H2,1-3H3,(H,16,17). The predicted octanol–water partition coefficient (Wildman–Crippen LogP) is 3.25. The third-order valence-electron chi connectivity index (χ3n) is 2.61. The lowest BCUT2D eigenvalue weighted by molar-refractivity contribution is -0.385. The molecule has 1 aromatic carbocycles. The largest absolute Gasteiger partial charge is 0.488 e. The van der Waals surface area contributed by atoms with E-state index in [1.54, 1.807) is 6.92 Å². The summed E-state index contributed by atoms with van der Waals surface area (Å²) in [6, 6.07) is 1.42. The van der Waals surface area contributed by atoms with E-state index in [-0.39, 0.29) is 11.9 Å². The molecule has 0 saturated carbocycles. The summed E-state index contributed by atoms with van der Waals surface area (Å²) in [6.07, 6.45) is 0.325. The van der Waals surface area contributed by atoms with Crippen molar-refractivity contribution in [3.63, 3.8) is 0 Å². The van der Waals surface area contributed by atoms with Gasteiger partial charge in [0.1, 0.15) is 5.56 Å². The van der Waals surface area contributed by atoms with Crippen LogP contribution in [0, 0.1) is 21.8 Å². The summed E-state index contributed by atoms with van der Waals surface area (Å²) in [7, 11) is 0. The van der Waals surface area contributed by atoms with Crippen molar-refractivity contribution in [3.05, 3.63) is 33.6 Å². The minimum Gasteiger partial charge on any atom is -0.488 e. The fourth-order valence-corrected chi connectivity index (χ4v) is 1.88. The van der Waals surface area contributed by atoms with Gasteiger partial charge in [0.05, 0.1) is 17.1 Å². The van der Waals surface area contributed by atoms with Crippen molar-refractivity contribution in [1.29, 1.82) is 0 Å². The first kappa shape index (κ1) is 15.9. The molecular formula is C13H16FNO5. The highest BCUT2D eigenvalue weighted by molar-refractivity contribution is 5.92. The van der Waals surface area contributed by atoms with Gasteiger partial charge in [0.15, 0.2) is 11.6 Å². The number of halogens is 1. The van der Waals surface area contributed by atoms with Gasteiger partial charge in [-0.1, -0.05) is 13.8 Å². The lowest BCUT2D eigenvalue weighted by atomic mass is 10.1. The zero-order chi connectivity index (χ0) is 15.4. The van der Waals surface area contributed by atoms with Crippen LogP contribution in [0.1, 0.15) is 37.6 Å². The number of hydrogen-bond acceptors (Lipinski definition) is 4. The van der Waals surface area contributed by atoms with Gasteiger partial charge < -0.3 is 9.84 Å². The van der Waals surface area contributed by atoms with Crippen LogP contribution in [-0.2, 0) is 0 Å². The van der Waals surface area contributed by atoms with E-state index in [9.17, 15) is 19.3 Å². The smallest absolute Gasteiger partial charge is 0.342 e. The van der Waals surface area contributed by atoms with Crippen molar-refractivity contribution >= 4 is 11.7 Å². The number of rotatable bonds is 6. The number of nitro benzene ring substituents is 1. The second-order valence-corrected chi connectivity index (χ2v) is 4.92. The van der Waals surface area contributed by atoms with Crippen molar-refractivity contribution in [3.8, 4) is 5.75 Å². The summed E-state index contributed by atoms with van der Waals surface area (Å²) in [4.78, 5) is 20.7. The maximum Gasteiger partial charge on any atom is 0.342 e. The van der Waals surface area contributed by atoms with Crippen LogP contribution in [0.25, 0.3) is 0 Å². The first-order chi connectivity index (χ1) is 9.22. The monoisotopic (exact) mass is 285 g/mol. The Balaban J connectivity index is 3.13. The van der Waals surface area contributed by atoms with Gasteiger partial charge >= 0.3 is 5.97 Å². The van der Waals surface area contributed by atoms with Crippen LogP contribution in [0.3, 0.4) is 0 Å². The third-order valence-corrected chi connectivity index (χ3v) is 2.61. The minimum atomic E-state index is -1.50. The first-order valence-electron chi connectivity index (χ1n) is 6.10. The normalized spacial score (nSPS) is 12.2. The Morgan fingerprint density at radius 2 is 2.05 bits per heavy atom. The van der Waals surface area contributed by atoms with Gasteiger partial charge in [-0.25, -0.2) is 9.18 Å². The van der Waals surface area contributed by atoms with Crippen LogP contribution in [-0.4, -0.2) is 22.1 Å². The number of ether oxygens (including phenoxy) is 1. The van der Waals surface area contributed by atoms with Crippen molar-refractivity contribution in [1.82, 2.24) is 0 Å². The average molecular weight is 285 g/mol. The van der Waals surface area contributed by atoms with Crippen molar-refractivity contribution in [2.45, 2.75) is 33.3 Å². The maximum absolute atomic E-state index is 13.7. The minimum absolute atomic E-state index is 0.291. The number of benzene rings is 1. The van der Waals surface area contributed by atoms with Crippen molar-refractivity contribution < 1.29 is 24.0 Å². The number of nitrogens with zero attached hydrogens (tertiary/aromatic N) is 1. The quantitative estimate of drug-likeness (QED) is 0.640. The molecule has 7 heteroatoms. The zero-order valence-corrected chi connectivity index (χ0v) is 11.4. The van der Waals surface area contributed by atoms with Gasteiger partial charge in [-0.2, -0.15) is 0 Å². The lowest BCUT2D eigenvalue weighted by Crippen LogP contribution is -2.16. The molecule has 110 valence electrons. The van der Waals surface area contributed by atoms with E-state index in [4.69, 9.17) is 9.84 Å². The van der Waals surface area contributed by atoms with Crippen LogP contribution >= 0.6 is 0 Å². The fraction of sp³-hybridized carbons (Fsp3) is 0.462. The third kappa shape index (κ3) is 3.91. The van der Waals surface area contributed by atoms with Gasteiger partial charge in [-0.15, -0.1) is 0 Å². The number of nitro groups is 1. The molecule has 0 aromatic heterocycles. The number of hydrogen-bond donors (Lipinski definition) is 1. The Morgan fingerprint density at radius 3 is 2.50 bits per heavy atom. The van der Waals surface area contributed by atoms with Crippen LogP contribution < -0.4 is 4.74 Å². The highest BCUT2D eigenvalue weighted by atomic mass is 19.1. The molecule has 20 heavy (non-hydrogen) atoms. The first-order valence-corrected chi connectivity index (χ1v) is 6.10. The number of carboxylic acids is 1. The molecule has 1 aromatic rings. The summed E-state index contributed by atoms with van der Waals surface area (Å²) in [6.45, 7) is 5.66. The molecule has 1 unspecified atom stereocenters. The number of aromatic carboxylic acids is 1. The van der Waals surface area contributed by atoms with Gasteiger partial charge in [-0.3, -0.25) is 10.1 Å². The molecule has 1 N–H and O–H groups in total. The second-order valence-electron chi connectivity index (χ2n) is 4.92. The Bertz CT molecular complexity index is 530. The summed E-state index contributed by atoms with van der Waals surface area (Å²) < 4.78 is 19.0.